The molecule has 0 saturated carbocycles. The molecule has 1 aliphatic heterocycles. The van der Waals surface area contributed by atoms with Crippen LogP contribution in [0.3, 0.4) is 0 Å². The molecule has 1 fully saturated rings. The lowest BCUT2D eigenvalue weighted by Gasteiger charge is -2.16. The molecule has 1 saturated heterocycles. The van der Waals surface area contributed by atoms with Crippen molar-refractivity contribution in [2.75, 3.05) is 4.90 Å². The van der Waals surface area contributed by atoms with Gasteiger partial charge in [-0.1, -0.05) is 41.4 Å². The van der Waals surface area contributed by atoms with Crippen molar-refractivity contribution < 1.29 is 9.59 Å². The van der Waals surface area contributed by atoms with E-state index >= 15 is 0 Å². The molecule has 2 amide bonds. The van der Waals surface area contributed by atoms with Crippen LogP contribution < -0.4 is 4.90 Å². The molecule has 118 valence electrons. The third kappa shape index (κ3) is 3.12. The van der Waals surface area contributed by atoms with Crippen molar-refractivity contribution >= 4 is 40.7 Å². The van der Waals surface area contributed by atoms with Gasteiger partial charge in [0, 0.05) is 16.5 Å². The van der Waals surface area contributed by atoms with Gasteiger partial charge in [0.05, 0.1) is 11.6 Å². The summed E-state index contributed by atoms with van der Waals surface area (Å²) < 4.78 is 0. The third-order valence-electron chi connectivity index (χ3n) is 4.15. The number of anilines is 1. The Balaban J connectivity index is 1.85. The first kappa shape index (κ1) is 16.0. The van der Waals surface area contributed by atoms with Crippen LogP contribution in [0.25, 0.3) is 0 Å². The Morgan fingerprint density at radius 3 is 2.61 bits per heavy atom. The van der Waals surface area contributed by atoms with Gasteiger partial charge in [0.15, 0.2) is 0 Å². The smallest absolute Gasteiger partial charge is 0.237 e. The van der Waals surface area contributed by atoms with Crippen LogP contribution in [-0.2, 0) is 16.0 Å². The standard InChI is InChI=1S/C18H15Cl2NO2/c1-11-12(4-2-7-16(11)20)8-13-9-17(22)21(18(13)23)15-6-3-5-14(19)10-15/h2-7,10,13H,8-9H2,1H3. The molecule has 0 radical (unpaired) electrons. The summed E-state index contributed by atoms with van der Waals surface area (Å²) in [5.74, 6) is -0.739. The molecule has 2 aromatic carbocycles. The van der Waals surface area contributed by atoms with Crippen LogP contribution in [0.2, 0.25) is 10.0 Å². The summed E-state index contributed by atoms with van der Waals surface area (Å²) in [6.07, 6.45) is 0.714. The van der Waals surface area contributed by atoms with E-state index < -0.39 is 0 Å². The van der Waals surface area contributed by atoms with Gasteiger partial charge in [0.2, 0.25) is 11.8 Å². The normalized spacial score (nSPS) is 17.9. The average molecular weight is 348 g/mol. The number of imide groups is 1. The fourth-order valence-electron chi connectivity index (χ4n) is 2.88. The predicted molar refractivity (Wildman–Crippen MR) is 91.9 cm³/mol. The van der Waals surface area contributed by atoms with E-state index in [0.717, 1.165) is 11.1 Å². The molecular formula is C18H15Cl2NO2. The fraction of sp³-hybridized carbons (Fsp3) is 0.222. The van der Waals surface area contributed by atoms with Crippen LogP contribution in [0, 0.1) is 12.8 Å². The van der Waals surface area contributed by atoms with Crippen molar-refractivity contribution in [2.45, 2.75) is 19.8 Å². The Kier molecular flexibility index (Phi) is 4.42. The number of carbonyl (C=O) groups excluding carboxylic acids is 2. The summed E-state index contributed by atoms with van der Waals surface area (Å²) in [5.41, 5.74) is 2.48. The zero-order chi connectivity index (χ0) is 16.6. The highest BCUT2D eigenvalue weighted by Gasteiger charge is 2.39. The van der Waals surface area contributed by atoms with E-state index in [0.29, 0.717) is 22.2 Å². The van der Waals surface area contributed by atoms with E-state index in [-0.39, 0.29) is 24.2 Å². The van der Waals surface area contributed by atoms with E-state index in [1.54, 1.807) is 24.3 Å². The fourth-order valence-corrected chi connectivity index (χ4v) is 3.26. The number of amides is 2. The maximum atomic E-state index is 12.7. The van der Waals surface area contributed by atoms with Crippen molar-refractivity contribution in [3.63, 3.8) is 0 Å². The molecular weight excluding hydrogens is 333 g/mol. The van der Waals surface area contributed by atoms with E-state index in [1.165, 1.54) is 4.90 Å². The summed E-state index contributed by atoms with van der Waals surface area (Å²) in [6, 6.07) is 12.4. The molecule has 23 heavy (non-hydrogen) atoms. The van der Waals surface area contributed by atoms with Crippen LogP contribution in [0.5, 0.6) is 0 Å². The van der Waals surface area contributed by atoms with Crippen LogP contribution >= 0.6 is 23.2 Å². The second-order valence-corrected chi connectivity index (χ2v) is 6.52. The monoisotopic (exact) mass is 347 g/mol. The van der Waals surface area contributed by atoms with Crippen molar-refractivity contribution in [3.8, 4) is 0 Å². The van der Waals surface area contributed by atoms with Gasteiger partial charge in [-0.25, -0.2) is 0 Å². The molecule has 1 atom stereocenters. The second-order valence-electron chi connectivity index (χ2n) is 5.68. The number of hydrogen-bond acceptors (Lipinski definition) is 2. The van der Waals surface area contributed by atoms with Crippen molar-refractivity contribution in [1.82, 2.24) is 0 Å². The predicted octanol–water partition coefficient (Wildman–Crippen LogP) is 4.42. The Bertz CT molecular complexity index is 788. The minimum Gasteiger partial charge on any atom is -0.274 e. The number of carbonyl (C=O) groups is 2. The molecule has 0 bridgehead atoms. The SMILES string of the molecule is Cc1c(Cl)cccc1CC1CC(=O)N(c2cccc(Cl)c2)C1=O. The van der Waals surface area contributed by atoms with Gasteiger partial charge < -0.3 is 0 Å². The van der Waals surface area contributed by atoms with E-state index in [4.69, 9.17) is 23.2 Å². The van der Waals surface area contributed by atoms with Gasteiger partial charge in [0.1, 0.15) is 0 Å². The highest BCUT2D eigenvalue weighted by atomic mass is 35.5. The quantitative estimate of drug-likeness (QED) is 0.770. The molecule has 0 aliphatic carbocycles. The summed E-state index contributed by atoms with van der Waals surface area (Å²) in [7, 11) is 0. The molecule has 1 aliphatic rings. The van der Waals surface area contributed by atoms with Gasteiger partial charge >= 0.3 is 0 Å². The van der Waals surface area contributed by atoms with Crippen LogP contribution in [-0.4, -0.2) is 11.8 Å². The molecule has 2 aromatic rings. The second kappa shape index (κ2) is 6.34. The Hall–Kier alpha value is -1.84. The first-order valence-electron chi connectivity index (χ1n) is 7.33. The van der Waals surface area contributed by atoms with Crippen LogP contribution in [0.4, 0.5) is 5.69 Å². The zero-order valence-electron chi connectivity index (χ0n) is 12.6. The number of nitrogens with zero attached hydrogens (tertiary/aromatic N) is 1. The van der Waals surface area contributed by atoms with E-state index in [9.17, 15) is 9.59 Å². The summed E-state index contributed by atoms with van der Waals surface area (Å²) >= 11 is 12.1. The van der Waals surface area contributed by atoms with Crippen molar-refractivity contribution in [1.29, 1.82) is 0 Å². The summed E-state index contributed by atoms with van der Waals surface area (Å²) in [6.45, 7) is 1.92. The highest BCUT2D eigenvalue weighted by Crippen LogP contribution is 2.31. The largest absolute Gasteiger partial charge is 0.274 e. The maximum Gasteiger partial charge on any atom is 0.237 e. The highest BCUT2D eigenvalue weighted by molar-refractivity contribution is 6.31. The number of rotatable bonds is 3. The molecule has 0 aromatic heterocycles. The molecule has 0 N–H and O–H groups in total. The van der Waals surface area contributed by atoms with E-state index in [1.807, 2.05) is 25.1 Å². The number of halogens is 2. The molecule has 0 spiro atoms. The summed E-state index contributed by atoms with van der Waals surface area (Å²) in [5, 5.41) is 1.17. The lowest BCUT2D eigenvalue weighted by molar-refractivity contribution is -0.122. The number of hydrogen-bond donors (Lipinski definition) is 0. The Labute approximate surface area is 144 Å². The van der Waals surface area contributed by atoms with Gasteiger partial charge in [-0.15, -0.1) is 0 Å². The van der Waals surface area contributed by atoms with Crippen molar-refractivity contribution in [3.05, 3.63) is 63.6 Å². The number of benzene rings is 2. The Morgan fingerprint density at radius 1 is 1.13 bits per heavy atom. The van der Waals surface area contributed by atoms with Gasteiger partial charge in [-0.05, 0) is 48.7 Å². The lowest BCUT2D eigenvalue weighted by Crippen LogP contribution is -2.30. The molecule has 1 heterocycles. The van der Waals surface area contributed by atoms with Crippen LogP contribution in [0.1, 0.15) is 17.5 Å². The Morgan fingerprint density at radius 2 is 1.87 bits per heavy atom. The first-order chi connectivity index (χ1) is 11.0. The lowest BCUT2D eigenvalue weighted by atomic mass is 9.95. The third-order valence-corrected chi connectivity index (χ3v) is 4.80. The van der Waals surface area contributed by atoms with Crippen molar-refractivity contribution in [2.24, 2.45) is 5.92 Å². The first-order valence-corrected chi connectivity index (χ1v) is 8.09. The van der Waals surface area contributed by atoms with E-state index in [2.05, 4.69) is 0 Å². The minimum absolute atomic E-state index is 0.184. The molecule has 3 rings (SSSR count). The topological polar surface area (TPSA) is 37.4 Å². The van der Waals surface area contributed by atoms with Gasteiger partial charge in [0.25, 0.3) is 0 Å². The molecule has 5 heteroatoms. The maximum absolute atomic E-state index is 12.7. The molecule has 1 unspecified atom stereocenters. The van der Waals surface area contributed by atoms with Crippen LogP contribution in [0.15, 0.2) is 42.5 Å². The zero-order valence-corrected chi connectivity index (χ0v) is 14.1. The minimum atomic E-state index is -0.362. The van der Waals surface area contributed by atoms with Gasteiger partial charge in [-0.3, -0.25) is 14.5 Å². The van der Waals surface area contributed by atoms with Gasteiger partial charge in [-0.2, -0.15) is 0 Å². The summed E-state index contributed by atoms with van der Waals surface area (Å²) in [4.78, 5) is 26.2. The molecule has 3 nitrogen and oxygen atoms in total. The average Bonchev–Trinajstić information content (AvgIpc) is 2.78.